The second-order valence-electron chi connectivity index (χ2n) is 6.41. The van der Waals surface area contributed by atoms with Crippen molar-refractivity contribution in [3.8, 4) is 0 Å². The van der Waals surface area contributed by atoms with E-state index in [0.29, 0.717) is 12.1 Å². The summed E-state index contributed by atoms with van der Waals surface area (Å²) in [7, 11) is 4.14. The smallest absolute Gasteiger partial charge is 0.0685 e. The van der Waals surface area contributed by atoms with Crippen LogP contribution in [0.25, 0.3) is 0 Å². The lowest BCUT2D eigenvalue weighted by Gasteiger charge is -2.55. The molecule has 1 aliphatic heterocycles. The molecule has 18 heavy (non-hydrogen) atoms. The van der Waals surface area contributed by atoms with Crippen LogP contribution < -0.4 is 5.32 Å². The topological polar surface area (TPSA) is 33.7 Å². The summed E-state index contributed by atoms with van der Waals surface area (Å²) in [4.78, 5) is 2.14. The normalized spacial score (nSPS) is 33.5. The van der Waals surface area contributed by atoms with Crippen molar-refractivity contribution in [2.75, 3.05) is 47.0 Å². The van der Waals surface area contributed by atoms with Gasteiger partial charge in [-0.3, -0.25) is 0 Å². The molecule has 2 aliphatic rings. The van der Waals surface area contributed by atoms with Crippen molar-refractivity contribution in [3.63, 3.8) is 0 Å². The van der Waals surface area contributed by atoms with E-state index in [-0.39, 0.29) is 5.41 Å². The second-order valence-corrected chi connectivity index (χ2v) is 6.41. The zero-order valence-electron chi connectivity index (χ0n) is 12.2. The Bertz CT molecular complexity index is 269. The van der Waals surface area contributed by atoms with Crippen LogP contribution in [-0.2, 0) is 9.47 Å². The highest BCUT2D eigenvalue weighted by Gasteiger charge is 2.58. The van der Waals surface area contributed by atoms with Gasteiger partial charge in [-0.05, 0) is 20.5 Å². The lowest BCUT2D eigenvalue weighted by Crippen LogP contribution is -2.66. The molecule has 1 saturated carbocycles. The number of ether oxygens (including phenoxy) is 2. The zero-order chi connectivity index (χ0) is 13.2. The predicted octanol–water partition coefficient (Wildman–Crippen LogP) is 0.968. The first-order valence-electron chi connectivity index (χ1n) is 7.11. The lowest BCUT2D eigenvalue weighted by molar-refractivity contribution is -0.113. The Morgan fingerprint density at radius 3 is 2.83 bits per heavy atom. The van der Waals surface area contributed by atoms with E-state index < -0.39 is 0 Å². The van der Waals surface area contributed by atoms with E-state index in [0.717, 1.165) is 38.8 Å². The molecule has 1 heterocycles. The van der Waals surface area contributed by atoms with Gasteiger partial charge in [-0.25, -0.2) is 0 Å². The van der Waals surface area contributed by atoms with E-state index in [1.54, 1.807) is 0 Å². The summed E-state index contributed by atoms with van der Waals surface area (Å²) in [5.41, 5.74) is 0.283. The fraction of sp³-hybridized carbons (Fsp3) is 1.00. The summed E-state index contributed by atoms with van der Waals surface area (Å²) in [6.07, 6.45) is 1.69. The number of hydrogen-bond acceptors (Lipinski definition) is 4. The minimum atomic E-state index is 0.283. The maximum absolute atomic E-state index is 5.79. The van der Waals surface area contributed by atoms with Crippen molar-refractivity contribution in [3.05, 3.63) is 0 Å². The van der Waals surface area contributed by atoms with Crippen molar-refractivity contribution in [2.24, 2.45) is 11.3 Å². The number of hydrogen-bond donors (Lipinski definition) is 1. The lowest BCUT2D eigenvalue weighted by atomic mass is 9.57. The van der Waals surface area contributed by atoms with Gasteiger partial charge in [-0.2, -0.15) is 0 Å². The molecule has 0 aromatic rings. The van der Waals surface area contributed by atoms with Crippen LogP contribution >= 0.6 is 0 Å². The summed E-state index contributed by atoms with van der Waals surface area (Å²) >= 11 is 0. The number of nitrogens with one attached hydrogen (secondary N) is 1. The van der Waals surface area contributed by atoms with Gasteiger partial charge >= 0.3 is 0 Å². The average molecular weight is 256 g/mol. The maximum atomic E-state index is 5.79. The molecule has 0 bridgehead atoms. The first-order valence-corrected chi connectivity index (χ1v) is 7.11. The highest BCUT2D eigenvalue weighted by Crippen LogP contribution is 2.51. The third-order valence-corrected chi connectivity index (χ3v) is 4.39. The molecule has 2 rings (SSSR count). The maximum Gasteiger partial charge on any atom is 0.0685 e. The molecule has 3 unspecified atom stereocenters. The van der Waals surface area contributed by atoms with E-state index in [1.807, 2.05) is 0 Å². The summed E-state index contributed by atoms with van der Waals surface area (Å²) in [5.74, 6) is 0.724. The molecule has 2 fully saturated rings. The molecule has 106 valence electrons. The van der Waals surface area contributed by atoms with Crippen LogP contribution in [0, 0.1) is 11.3 Å². The molecule has 4 heteroatoms. The molecule has 0 aromatic carbocycles. The van der Waals surface area contributed by atoms with Crippen LogP contribution in [0.2, 0.25) is 0 Å². The molecule has 1 N–H and O–H groups in total. The Labute approximate surface area is 111 Å². The van der Waals surface area contributed by atoms with E-state index in [9.17, 15) is 0 Å². The Morgan fingerprint density at radius 2 is 2.11 bits per heavy atom. The van der Waals surface area contributed by atoms with Crippen molar-refractivity contribution in [1.29, 1.82) is 0 Å². The number of fused-ring (bicyclic) bond motifs is 1. The fourth-order valence-electron chi connectivity index (χ4n) is 3.37. The second kappa shape index (κ2) is 5.87. The molecule has 0 spiro atoms. The molecular formula is C14H28N2O2. The third kappa shape index (κ3) is 2.87. The van der Waals surface area contributed by atoms with Crippen molar-refractivity contribution >= 4 is 0 Å². The van der Waals surface area contributed by atoms with Crippen molar-refractivity contribution < 1.29 is 9.47 Å². The van der Waals surface area contributed by atoms with Gasteiger partial charge in [0.05, 0.1) is 19.3 Å². The average Bonchev–Trinajstić information content (AvgIpc) is 2.73. The van der Waals surface area contributed by atoms with Gasteiger partial charge in [0.1, 0.15) is 0 Å². The Morgan fingerprint density at radius 1 is 1.33 bits per heavy atom. The van der Waals surface area contributed by atoms with Gasteiger partial charge in [0.2, 0.25) is 0 Å². The molecule has 4 nitrogen and oxygen atoms in total. The van der Waals surface area contributed by atoms with Gasteiger partial charge < -0.3 is 19.7 Å². The number of rotatable bonds is 7. The van der Waals surface area contributed by atoms with Crippen molar-refractivity contribution in [2.45, 2.75) is 32.4 Å². The molecular weight excluding hydrogens is 228 g/mol. The first kappa shape index (κ1) is 14.3. The number of likely N-dealkylation sites (N-methyl/N-ethyl adjacent to an activating group) is 1. The van der Waals surface area contributed by atoms with Gasteiger partial charge in [-0.15, -0.1) is 0 Å². The zero-order valence-corrected chi connectivity index (χ0v) is 12.2. The van der Waals surface area contributed by atoms with Crippen LogP contribution in [0.3, 0.4) is 0 Å². The summed E-state index contributed by atoms with van der Waals surface area (Å²) < 4.78 is 11.4. The van der Waals surface area contributed by atoms with Crippen LogP contribution in [0.5, 0.6) is 0 Å². The standard InChI is InChI=1S/C14H28N2O2/c1-14(2)12(11-5-8-18-13(11)14)15-6-9-17-10-7-16(3)4/h11-13,15H,5-10H2,1-4H3. The van der Waals surface area contributed by atoms with Gasteiger partial charge in [0.15, 0.2) is 0 Å². The van der Waals surface area contributed by atoms with E-state index >= 15 is 0 Å². The highest BCUT2D eigenvalue weighted by molar-refractivity contribution is 5.11. The predicted molar refractivity (Wildman–Crippen MR) is 72.8 cm³/mol. The first-order chi connectivity index (χ1) is 8.53. The van der Waals surface area contributed by atoms with E-state index in [2.05, 4.69) is 38.2 Å². The molecule has 0 aromatic heterocycles. The van der Waals surface area contributed by atoms with Gasteiger partial charge in [0.25, 0.3) is 0 Å². The minimum absolute atomic E-state index is 0.283. The molecule has 0 amide bonds. The minimum Gasteiger partial charge on any atom is -0.379 e. The van der Waals surface area contributed by atoms with Crippen molar-refractivity contribution in [1.82, 2.24) is 10.2 Å². The molecule has 0 radical (unpaired) electrons. The van der Waals surface area contributed by atoms with Crippen LogP contribution in [0.1, 0.15) is 20.3 Å². The Kier molecular flexibility index (Phi) is 4.64. The highest BCUT2D eigenvalue weighted by atomic mass is 16.5. The van der Waals surface area contributed by atoms with Crippen LogP contribution in [-0.4, -0.2) is 64.1 Å². The SMILES string of the molecule is CN(C)CCOCCNC1C2CCOC2C1(C)C. The fourth-order valence-corrected chi connectivity index (χ4v) is 3.37. The largest absolute Gasteiger partial charge is 0.379 e. The Balaban J connectivity index is 1.59. The monoisotopic (exact) mass is 256 g/mol. The third-order valence-electron chi connectivity index (χ3n) is 4.39. The summed E-state index contributed by atoms with van der Waals surface area (Å²) in [6, 6.07) is 0.599. The molecule has 1 saturated heterocycles. The van der Waals surface area contributed by atoms with Crippen LogP contribution in [0.15, 0.2) is 0 Å². The van der Waals surface area contributed by atoms with E-state index in [1.165, 1.54) is 6.42 Å². The van der Waals surface area contributed by atoms with E-state index in [4.69, 9.17) is 9.47 Å². The summed E-state index contributed by atoms with van der Waals surface area (Å²) in [6.45, 7) is 9.12. The summed E-state index contributed by atoms with van der Waals surface area (Å²) in [5, 5.41) is 3.65. The van der Waals surface area contributed by atoms with Crippen LogP contribution in [0.4, 0.5) is 0 Å². The van der Waals surface area contributed by atoms with Gasteiger partial charge in [0, 0.05) is 37.1 Å². The molecule has 1 aliphatic carbocycles. The quantitative estimate of drug-likeness (QED) is 0.688. The Hall–Kier alpha value is -0.160. The van der Waals surface area contributed by atoms with Gasteiger partial charge in [-0.1, -0.05) is 13.8 Å². The molecule has 3 atom stereocenters. The number of nitrogens with zero attached hydrogens (tertiary/aromatic N) is 1.